The van der Waals surface area contributed by atoms with Crippen LogP contribution in [-0.4, -0.2) is 68.4 Å². The minimum Gasteiger partial charge on any atom is -0.378 e. The maximum atomic E-state index is 12.4. The van der Waals surface area contributed by atoms with Gasteiger partial charge in [0.15, 0.2) is 18.4 Å². The highest BCUT2D eigenvalue weighted by Gasteiger charge is 2.27. The third kappa shape index (κ3) is 5.37. The normalized spacial score (nSPS) is 16.8. The third-order valence-corrected chi connectivity index (χ3v) is 4.49. The topological polar surface area (TPSA) is 80.2 Å². The summed E-state index contributed by atoms with van der Waals surface area (Å²) in [4.78, 5) is 38.5. The molecule has 1 aliphatic rings. The molecule has 1 unspecified atom stereocenters. The summed E-state index contributed by atoms with van der Waals surface area (Å²) in [5.74, 6) is -0.147. The number of morpholine rings is 1. The Bertz CT molecular complexity index is 624. The molecular weight excluding hydrogens is 322 g/mol. The molecular formula is C18H26N3O4+. The smallest absolute Gasteiger partial charge is 0.282 e. The number of carbonyl (C=O) groups excluding carboxylic acids is 3. The van der Waals surface area contributed by atoms with Gasteiger partial charge in [0.05, 0.1) is 20.3 Å². The molecule has 1 saturated heterocycles. The first-order valence-electron chi connectivity index (χ1n) is 8.48. The van der Waals surface area contributed by atoms with Gasteiger partial charge in [-0.25, -0.2) is 0 Å². The van der Waals surface area contributed by atoms with Crippen LogP contribution in [0, 0.1) is 0 Å². The summed E-state index contributed by atoms with van der Waals surface area (Å²) in [6.45, 7) is 5.90. The largest absolute Gasteiger partial charge is 0.378 e. The van der Waals surface area contributed by atoms with Crippen molar-refractivity contribution in [3.8, 4) is 0 Å². The molecule has 0 bridgehead atoms. The van der Waals surface area contributed by atoms with Crippen molar-refractivity contribution in [2.45, 2.75) is 19.9 Å². The third-order valence-electron chi connectivity index (χ3n) is 4.49. The lowest BCUT2D eigenvalue weighted by Crippen LogP contribution is -3.15. The first kappa shape index (κ1) is 19.1. The van der Waals surface area contributed by atoms with Gasteiger partial charge >= 0.3 is 0 Å². The van der Waals surface area contributed by atoms with Gasteiger partial charge in [0.1, 0.15) is 0 Å². The van der Waals surface area contributed by atoms with Crippen LogP contribution in [0.25, 0.3) is 0 Å². The van der Waals surface area contributed by atoms with E-state index in [1.165, 1.54) is 6.92 Å². The quantitative estimate of drug-likeness (QED) is 0.685. The van der Waals surface area contributed by atoms with Gasteiger partial charge in [-0.2, -0.15) is 0 Å². The van der Waals surface area contributed by atoms with E-state index in [-0.39, 0.29) is 30.2 Å². The van der Waals surface area contributed by atoms with Gasteiger partial charge in [-0.1, -0.05) is 0 Å². The zero-order chi connectivity index (χ0) is 18.4. The number of Topliss-reactive ketones (excluding diaryl/α,β-unsaturated/α-hetero) is 1. The van der Waals surface area contributed by atoms with Crippen molar-refractivity contribution < 1.29 is 24.0 Å². The number of nitrogens with one attached hydrogen (secondary N) is 2. The summed E-state index contributed by atoms with van der Waals surface area (Å²) in [7, 11) is 1.83. The number of carbonyl (C=O) groups is 3. The van der Waals surface area contributed by atoms with Crippen LogP contribution in [0.4, 0.5) is 5.69 Å². The number of rotatable bonds is 6. The number of anilines is 1. The van der Waals surface area contributed by atoms with E-state index < -0.39 is 0 Å². The summed E-state index contributed by atoms with van der Waals surface area (Å²) in [5.41, 5.74) is 1.24. The molecule has 0 saturated carbocycles. The van der Waals surface area contributed by atoms with Crippen LogP contribution in [0.2, 0.25) is 0 Å². The highest BCUT2D eigenvalue weighted by Crippen LogP contribution is 2.10. The van der Waals surface area contributed by atoms with Crippen molar-refractivity contribution in [1.29, 1.82) is 0 Å². The highest BCUT2D eigenvalue weighted by atomic mass is 16.5. The number of amides is 2. The van der Waals surface area contributed by atoms with Crippen molar-refractivity contribution in [2.24, 2.45) is 0 Å². The summed E-state index contributed by atoms with van der Waals surface area (Å²) >= 11 is 0. The molecule has 0 spiro atoms. The first-order chi connectivity index (χ1) is 11.9. The molecule has 7 nitrogen and oxygen atoms in total. The minimum absolute atomic E-state index is 0.0166. The molecule has 2 rings (SSSR count). The number of benzene rings is 1. The Morgan fingerprint density at radius 1 is 1.20 bits per heavy atom. The van der Waals surface area contributed by atoms with Crippen LogP contribution in [0.3, 0.4) is 0 Å². The summed E-state index contributed by atoms with van der Waals surface area (Å²) in [6.07, 6.45) is 0. The molecule has 25 heavy (non-hydrogen) atoms. The van der Waals surface area contributed by atoms with Crippen molar-refractivity contribution in [2.75, 3.05) is 45.2 Å². The second-order valence-corrected chi connectivity index (χ2v) is 6.36. The average Bonchev–Trinajstić information content (AvgIpc) is 2.62. The van der Waals surface area contributed by atoms with E-state index in [4.69, 9.17) is 4.74 Å². The van der Waals surface area contributed by atoms with Crippen molar-refractivity contribution in [3.63, 3.8) is 0 Å². The second kappa shape index (κ2) is 8.73. The lowest BCUT2D eigenvalue weighted by molar-refractivity contribution is -0.886. The number of ketones is 1. The fourth-order valence-corrected chi connectivity index (χ4v) is 2.58. The van der Waals surface area contributed by atoms with Crippen LogP contribution in [-0.2, 0) is 14.3 Å². The molecule has 1 aliphatic heterocycles. The predicted molar refractivity (Wildman–Crippen MR) is 93.7 cm³/mol. The van der Waals surface area contributed by atoms with E-state index in [2.05, 4.69) is 5.32 Å². The van der Waals surface area contributed by atoms with Crippen LogP contribution < -0.4 is 10.2 Å². The Kier molecular flexibility index (Phi) is 6.66. The highest BCUT2D eigenvalue weighted by molar-refractivity contribution is 5.96. The molecule has 0 aromatic heterocycles. The van der Waals surface area contributed by atoms with Gasteiger partial charge in [-0.05, 0) is 38.1 Å². The van der Waals surface area contributed by atoms with Crippen molar-refractivity contribution in [1.82, 2.24) is 4.90 Å². The van der Waals surface area contributed by atoms with Gasteiger partial charge in [-0.3, -0.25) is 14.4 Å². The van der Waals surface area contributed by atoms with Gasteiger partial charge in [0.2, 0.25) is 0 Å². The molecule has 0 aliphatic carbocycles. The Balaban J connectivity index is 1.87. The van der Waals surface area contributed by atoms with E-state index in [0.717, 1.165) is 4.90 Å². The monoisotopic (exact) mass is 348 g/mol. The summed E-state index contributed by atoms with van der Waals surface area (Å²) in [5, 5.41) is 2.83. The van der Waals surface area contributed by atoms with Crippen LogP contribution in [0.5, 0.6) is 0 Å². The molecule has 136 valence electrons. The Hall–Kier alpha value is -2.25. The minimum atomic E-state index is -0.377. The van der Waals surface area contributed by atoms with Crippen molar-refractivity contribution >= 4 is 23.3 Å². The van der Waals surface area contributed by atoms with Gasteiger partial charge in [0, 0.05) is 24.3 Å². The number of quaternary nitrogens is 1. The van der Waals surface area contributed by atoms with Crippen molar-refractivity contribution in [3.05, 3.63) is 29.8 Å². The maximum absolute atomic E-state index is 12.4. The molecule has 1 aromatic rings. The molecule has 2 atom stereocenters. The standard InChI is InChI=1S/C18H25N3O4/c1-13(20(3)12-17(23)21-8-10-25-11-9-21)18(24)19-16-6-4-15(5-7-16)14(2)22/h4-7,13H,8-12H2,1-3H3,(H,19,24)/p+1/t13-/m0/s1. The fraction of sp³-hybridized carbons (Fsp3) is 0.500. The number of hydrogen-bond acceptors (Lipinski definition) is 4. The molecule has 7 heteroatoms. The average molecular weight is 348 g/mol. The summed E-state index contributed by atoms with van der Waals surface area (Å²) < 4.78 is 5.24. The number of likely N-dealkylation sites (N-methyl/N-ethyl adjacent to an activating group) is 1. The zero-order valence-electron chi connectivity index (χ0n) is 15.0. The molecule has 2 amide bonds. The van der Waals surface area contributed by atoms with Crippen LogP contribution >= 0.6 is 0 Å². The maximum Gasteiger partial charge on any atom is 0.282 e. The fourth-order valence-electron chi connectivity index (χ4n) is 2.58. The summed E-state index contributed by atoms with van der Waals surface area (Å²) in [6, 6.07) is 6.39. The molecule has 1 heterocycles. The molecule has 0 radical (unpaired) electrons. The zero-order valence-corrected chi connectivity index (χ0v) is 15.0. The van der Waals surface area contributed by atoms with Crippen LogP contribution in [0.1, 0.15) is 24.2 Å². The van der Waals surface area contributed by atoms with Crippen LogP contribution in [0.15, 0.2) is 24.3 Å². The van der Waals surface area contributed by atoms with E-state index in [0.29, 0.717) is 37.6 Å². The Morgan fingerprint density at radius 2 is 1.80 bits per heavy atom. The number of hydrogen-bond donors (Lipinski definition) is 2. The molecule has 2 N–H and O–H groups in total. The lowest BCUT2D eigenvalue weighted by atomic mass is 10.1. The van der Waals surface area contributed by atoms with Gasteiger partial charge in [0.25, 0.3) is 11.8 Å². The Labute approximate surface area is 147 Å². The van der Waals surface area contributed by atoms with E-state index >= 15 is 0 Å². The van der Waals surface area contributed by atoms with Gasteiger partial charge < -0.3 is 19.9 Å². The van der Waals surface area contributed by atoms with E-state index in [1.54, 1.807) is 36.1 Å². The second-order valence-electron chi connectivity index (χ2n) is 6.36. The first-order valence-corrected chi connectivity index (χ1v) is 8.48. The van der Waals surface area contributed by atoms with Gasteiger partial charge in [-0.15, -0.1) is 0 Å². The molecule has 1 aromatic carbocycles. The predicted octanol–water partition coefficient (Wildman–Crippen LogP) is -0.410. The number of ether oxygens (including phenoxy) is 1. The van der Waals surface area contributed by atoms with E-state index in [1.807, 2.05) is 7.05 Å². The Morgan fingerprint density at radius 3 is 2.36 bits per heavy atom. The van der Waals surface area contributed by atoms with E-state index in [9.17, 15) is 14.4 Å². The molecule has 1 fully saturated rings. The SMILES string of the molecule is CC(=O)c1ccc(NC(=O)[C@H](C)[NH+](C)CC(=O)N2CCOCC2)cc1. The number of nitrogens with zero attached hydrogens (tertiary/aromatic N) is 1. The lowest BCUT2D eigenvalue weighted by Gasteiger charge is -2.28.